The number of carbonyl (C=O) groups is 1. The third-order valence-electron chi connectivity index (χ3n) is 3.68. The van der Waals surface area contributed by atoms with Crippen LogP contribution in [0.25, 0.3) is 0 Å². The largest absolute Gasteiger partial charge is 0.347 e. The second kappa shape index (κ2) is 5.88. The van der Waals surface area contributed by atoms with Gasteiger partial charge in [-0.3, -0.25) is 14.5 Å². The molecule has 0 aliphatic carbocycles. The third-order valence-corrected chi connectivity index (χ3v) is 4.56. The van der Waals surface area contributed by atoms with Gasteiger partial charge in [-0.1, -0.05) is 11.3 Å². The second-order valence-corrected chi connectivity index (χ2v) is 6.04. The summed E-state index contributed by atoms with van der Waals surface area (Å²) in [4.78, 5) is 27.7. The Hall–Kier alpha value is -1.14. The van der Waals surface area contributed by atoms with E-state index in [1.165, 1.54) is 11.3 Å². The number of rotatable bonds is 4. The highest BCUT2D eigenvalue weighted by molar-refractivity contribution is 7.07. The molecule has 6 heteroatoms. The normalized spacial score (nSPS) is 19.8. The zero-order valence-corrected chi connectivity index (χ0v) is 12.6. The van der Waals surface area contributed by atoms with E-state index in [1.54, 1.807) is 23.6 Å². The zero-order valence-electron chi connectivity index (χ0n) is 11.8. The Balaban J connectivity index is 1.99. The zero-order chi connectivity index (χ0) is 14.0. The Morgan fingerprint density at radius 2 is 2.21 bits per heavy atom. The minimum absolute atomic E-state index is 0.00959. The fourth-order valence-corrected chi connectivity index (χ4v) is 3.34. The summed E-state index contributed by atoms with van der Waals surface area (Å²) in [5, 5.41) is 1.88. The number of aryl methyl sites for hydroxylation is 1. The molecule has 1 amide bonds. The summed E-state index contributed by atoms with van der Waals surface area (Å²) in [5.41, 5.74) is 1.00. The maximum Gasteiger partial charge on any atom is 0.307 e. The molecule has 1 atom stereocenters. The van der Waals surface area contributed by atoms with Gasteiger partial charge in [0.1, 0.15) is 0 Å². The van der Waals surface area contributed by atoms with Crippen molar-refractivity contribution in [1.82, 2.24) is 14.4 Å². The van der Waals surface area contributed by atoms with E-state index in [9.17, 15) is 9.59 Å². The van der Waals surface area contributed by atoms with Crippen molar-refractivity contribution in [3.8, 4) is 0 Å². The fraction of sp³-hybridized carbons (Fsp3) is 0.692. The van der Waals surface area contributed by atoms with Gasteiger partial charge >= 0.3 is 4.87 Å². The average molecular weight is 283 g/mol. The molecule has 0 N–H and O–H groups in total. The predicted octanol–water partition coefficient (Wildman–Crippen LogP) is 0.771. The van der Waals surface area contributed by atoms with Crippen LogP contribution >= 0.6 is 11.3 Å². The van der Waals surface area contributed by atoms with Crippen LogP contribution in [0.5, 0.6) is 0 Å². The SMILES string of the molecule is Cc1csc(=O)n1CCN1CCCC1C(=O)N(C)C. The topological polar surface area (TPSA) is 45.6 Å². The smallest absolute Gasteiger partial charge is 0.307 e. The van der Waals surface area contributed by atoms with Gasteiger partial charge in [0, 0.05) is 38.3 Å². The number of likely N-dealkylation sites (N-methyl/N-ethyl adjacent to an activating group) is 1. The van der Waals surface area contributed by atoms with Crippen molar-refractivity contribution in [2.75, 3.05) is 27.2 Å². The number of hydrogen-bond acceptors (Lipinski definition) is 4. The Labute approximate surface area is 117 Å². The molecule has 5 nitrogen and oxygen atoms in total. The van der Waals surface area contributed by atoms with E-state index in [4.69, 9.17) is 0 Å². The molecule has 1 aromatic rings. The lowest BCUT2D eigenvalue weighted by molar-refractivity contribution is -0.133. The summed E-state index contributed by atoms with van der Waals surface area (Å²) >= 11 is 1.24. The number of carbonyl (C=O) groups excluding carboxylic acids is 1. The minimum Gasteiger partial charge on any atom is -0.347 e. The molecular weight excluding hydrogens is 262 g/mol. The summed E-state index contributed by atoms with van der Waals surface area (Å²) in [6.07, 6.45) is 1.98. The van der Waals surface area contributed by atoms with E-state index in [2.05, 4.69) is 4.90 Å². The van der Waals surface area contributed by atoms with Gasteiger partial charge in [0.15, 0.2) is 0 Å². The molecule has 1 aliphatic heterocycles. The summed E-state index contributed by atoms with van der Waals surface area (Å²) in [6, 6.07) is -0.00959. The molecule has 0 aromatic carbocycles. The average Bonchev–Trinajstić information content (AvgIpc) is 2.94. The molecule has 0 bridgehead atoms. The first-order valence-electron chi connectivity index (χ1n) is 6.61. The van der Waals surface area contributed by atoms with E-state index < -0.39 is 0 Å². The van der Waals surface area contributed by atoms with Gasteiger partial charge in [0.25, 0.3) is 0 Å². The van der Waals surface area contributed by atoms with Crippen LogP contribution in [-0.4, -0.2) is 53.5 Å². The number of hydrogen-bond donors (Lipinski definition) is 0. The monoisotopic (exact) mass is 283 g/mol. The summed E-state index contributed by atoms with van der Waals surface area (Å²) in [6.45, 7) is 4.33. The molecule has 0 saturated carbocycles. The molecule has 1 fully saturated rings. The third kappa shape index (κ3) is 3.06. The first-order chi connectivity index (χ1) is 9.00. The van der Waals surface area contributed by atoms with E-state index in [0.29, 0.717) is 6.54 Å². The first-order valence-corrected chi connectivity index (χ1v) is 7.49. The van der Waals surface area contributed by atoms with Crippen molar-refractivity contribution >= 4 is 17.2 Å². The van der Waals surface area contributed by atoms with E-state index >= 15 is 0 Å². The summed E-state index contributed by atoms with van der Waals surface area (Å²) < 4.78 is 1.79. The molecule has 1 aliphatic rings. The highest BCUT2D eigenvalue weighted by Crippen LogP contribution is 2.18. The molecule has 0 spiro atoms. The maximum atomic E-state index is 12.1. The van der Waals surface area contributed by atoms with E-state index in [1.807, 2.05) is 12.3 Å². The van der Waals surface area contributed by atoms with Crippen LogP contribution in [0.4, 0.5) is 0 Å². The fourth-order valence-electron chi connectivity index (χ4n) is 2.57. The lowest BCUT2D eigenvalue weighted by Gasteiger charge is -2.26. The Bertz CT molecular complexity index is 506. The van der Waals surface area contributed by atoms with Crippen molar-refractivity contribution in [2.24, 2.45) is 0 Å². The minimum atomic E-state index is -0.00959. The van der Waals surface area contributed by atoms with Crippen molar-refractivity contribution < 1.29 is 4.79 Å². The van der Waals surface area contributed by atoms with Crippen LogP contribution in [0, 0.1) is 6.92 Å². The van der Waals surface area contributed by atoms with Crippen molar-refractivity contribution in [3.05, 3.63) is 20.7 Å². The molecule has 1 saturated heterocycles. The number of amides is 1. The molecular formula is C13H21N3O2S. The van der Waals surface area contributed by atoms with Crippen LogP contribution in [0.3, 0.4) is 0 Å². The maximum absolute atomic E-state index is 12.1. The standard InChI is InChI=1S/C13H21N3O2S/c1-10-9-19-13(18)16(10)8-7-15-6-4-5-11(15)12(17)14(2)3/h9,11H,4-8H2,1-3H3. The van der Waals surface area contributed by atoms with Gasteiger partial charge < -0.3 is 9.47 Å². The summed E-state index contributed by atoms with van der Waals surface area (Å²) in [7, 11) is 3.60. The highest BCUT2D eigenvalue weighted by Gasteiger charge is 2.31. The van der Waals surface area contributed by atoms with Crippen molar-refractivity contribution in [1.29, 1.82) is 0 Å². The van der Waals surface area contributed by atoms with Gasteiger partial charge in [-0.2, -0.15) is 0 Å². The van der Waals surface area contributed by atoms with Gasteiger partial charge in [0.05, 0.1) is 6.04 Å². The number of aromatic nitrogens is 1. The van der Waals surface area contributed by atoms with E-state index in [-0.39, 0.29) is 16.8 Å². The van der Waals surface area contributed by atoms with Crippen LogP contribution in [0.1, 0.15) is 18.5 Å². The Morgan fingerprint density at radius 1 is 1.47 bits per heavy atom. The Kier molecular flexibility index (Phi) is 4.42. The van der Waals surface area contributed by atoms with Crippen LogP contribution in [0.2, 0.25) is 0 Å². The van der Waals surface area contributed by atoms with Gasteiger partial charge in [-0.15, -0.1) is 0 Å². The highest BCUT2D eigenvalue weighted by atomic mass is 32.1. The molecule has 1 unspecified atom stereocenters. The molecule has 2 heterocycles. The lowest BCUT2D eigenvalue weighted by atomic mass is 10.2. The first kappa shape index (κ1) is 14.3. The van der Waals surface area contributed by atoms with Crippen LogP contribution < -0.4 is 4.87 Å². The second-order valence-electron chi connectivity index (χ2n) is 5.22. The molecule has 19 heavy (non-hydrogen) atoms. The van der Waals surface area contributed by atoms with Gasteiger partial charge in [0.2, 0.25) is 5.91 Å². The van der Waals surface area contributed by atoms with Crippen LogP contribution in [-0.2, 0) is 11.3 Å². The van der Waals surface area contributed by atoms with Gasteiger partial charge in [-0.25, -0.2) is 0 Å². The number of likely N-dealkylation sites (tertiary alicyclic amines) is 1. The number of nitrogens with zero attached hydrogens (tertiary/aromatic N) is 3. The molecule has 106 valence electrons. The van der Waals surface area contributed by atoms with Gasteiger partial charge in [-0.05, 0) is 26.3 Å². The molecule has 0 radical (unpaired) electrons. The molecule has 2 rings (SSSR count). The predicted molar refractivity (Wildman–Crippen MR) is 76.6 cm³/mol. The summed E-state index contributed by atoms with van der Waals surface area (Å²) in [5.74, 6) is 0.173. The molecule has 1 aromatic heterocycles. The lowest BCUT2D eigenvalue weighted by Crippen LogP contribution is -2.44. The van der Waals surface area contributed by atoms with E-state index in [0.717, 1.165) is 31.6 Å². The number of thiazole rings is 1. The quantitative estimate of drug-likeness (QED) is 0.820. The van der Waals surface area contributed by atoms with Crippen molar-refractivity contribution in [2.45, 2.75) is 32.4 Å². The Morgan fingerprint density at radius 3 is 2.79 bits per heavy atom. The van der Waals surface area contributed by atoms with Crippen molar-refractivity contribution in [3.63, 3.8) is 0 Å². The van der Waals surface area contributed by atoms with Crippen LogP contribution in [0.15, 0.2) is 10.2 Å².